The van der Waals surface area contributed by atoms with E-state index in [2.05, 4.69) is 39.7 Å². The summed E-state index contributed by atoms with van der Waals surface area (Å²) >= 11 is 0. The first-order valence-electron chi connectivity index (χ1n) is 8.63. The average Bonchev–Trinajstić information content (AvgIpc) is 2.62. The Morgan fingerprint density at radius 2 is 1.54 bits per heavy atom. The van der Waals surface area contributed by atoms with Gasteiger partial charge in [-0.05, 0) is 62.2 Å². The number of nitrogens with one attached hydrogen (secondary N) is 2. The first-order chi connectivity index (χ1) is 12.5. The maximum atomic E-state index is 11.4. The minimum atomic E-state index is 0.0453. The molecule has 5 heteroatoms. The summed E-state index contributed by atoms with van der Waals surface area (Å²) in [5.41, 5.74) is 4.65. The van der Waals surface area contributed by atoms with Crippen molar-refractivity contribution in [2.45, 2.75) is 27.2 Å². The number of hydrogen-bond acceptors (Lipinski definition) is 5. The maximum absolute atomic E-state index is 11.4. The highest BCUT2D eigenvalue weighted by atomic mass is 16.1. The monoisotopic (exact) mass is 346 g/mol. The summed E-state index contributed by atoms with van der Waals surface area (Å²) in [5, 5.41) is 6.49. The highest BCUT2D eigenvalue weighted by Gasteiger charge is 2.05. The minimum absolute atomic E-state index is 0.0453. The number of anilines is 4. The summed E-state index contributed by atoms with van der Waals surface area (Å²) in [4.78, 5) is 20.3. The lowest BCUT2D eigenvalue weighted by molar-refractivity contribution is 0.101. The van der Waals surface area contributed by atoms with Crippen molar-refractivity contribution in [3.8, 4) is 0 Å². The van der Waals surface area contributed by atoms with E-state index in [0.717, 1.165) is 29.3 Å². The van der Waals surface area contributed by atoms with Crippen molar-refractivity contribution in [3.05, 3.63) is 71.4 Å². The SMILES string of the molecule is CCc1ccc(Nc2cc(C)nc(Nc3ccc(C(C)=O)cc3)n2)cc1. The third-order valence-corrected chi connectivity index (χ3v) is 4.04. The van der Waals surface area contributed by atoms with Gasteiger partial charge in [0.15, 0.2) is 5.78 Å². The fourth-order valence-corrected chi connectivity index (χ4v) is 2.58. The second-order valence-corrected chi connectivity index (χ2v) is 6.15. The Hall–Kier alpha value is -3.21. The Morgan fingerprint density at radius 3 is 2.15 bits per heavy atom. The van der Waals surface area contributed by atoms with E-state index in [4.69, 9.17) is 0 Å². The van der Waals surface area contributed by atoms with Gasteiger partial charge in [-0.1, -0.05) is 19.1 Å². The van der Waals surface area contributed by atoms with E-state index >= 15 is 0 Å². The van der Waals surface area contributed by atoms with Crippen LogP contribution >= 0.6 is 0 Å². The van der Waals surface area contributed by atoms with Crippen LogP contribution in [0.15, 0.2) is 54.6 Å². The van der Waals surface area contributed by atoms with Gasteiger partial charge in [0, 0.05) is 28.7 Å². The van der Waals surface area contributed by atoms with E-state index in [9.17, 15) is 4.79 Å². The molecule has 132 valence electrons. The first-order valence-corrected chi connectivity index (χ1v) is 8.63. The normalized spacial score (nSPS) is 10.4. The Balaban J connectivity index is 1.77. The van der Waals surface area contributed by atoms with Gasteiger partial charge >= 0.3 is 0 Å². The molecule has 0 atom stereocenters. The zero-order valence-corrected chi connectivity index (χ0v) is 15.2. The highest BCUT2D eigenvalue weighted by Crippen LogP contribution is 2.20. The Bertz CT molecular complexity index is 902. The number of ketones is 1. The molecular formula is C21H22N4O. The zero-order valence-electron chi connectivity index (χ0n) is 15.2. The van der Waals surface area contributed by atoms with Crippen LogP contribution in [-0.2, 0) is 6.42 Å². The van der Waals surface area contributed by atoms with Gasteiger partial charge in [-0.25, -0.2) is 4.98 Å². The van der Waals surface area contributed by atoms with Crippen LogP contribution in [0.4, 0.5) is 23.1 Å². The molecule has 3 rings (SSSR count). The van der Waals surface area contributed by atoms with Crippen molar-refractivity contribution in [2.24, 2.45) is 0 Å². The molecule has 3 aromatic rings. The topological polar surface area (TPSA) is 66.9 Å². The smallest absolute Gasteiger partial charge is 0.229 e. The predicted molar refractivity (Wildman–Crippen MR) is 106 cm³/mol. The molecule has 1 heterocycles. The number of Topliss-reactive ketones (excluding diaryl/α,β-unsaturated/α-hetero) is 1. The van der Waals surface area contributed by atoms with Crippen molar-refractivity contribution in [3.63, 3.8) is 0 Å². The largest absolute Gasteiger partial charge is 0.340 e. The highest BCUT2D eigenvalue weighted by molar-refractivity contribution is 5.94. The number of rotatable bonds is 6. The molecule has 0 aliphatic rings. The van der Waals surface area contributed by atoms with Crippen LogP contribution in [0.2, 0.25) is 0 Å². The molecule has 0 aliphatic carbocycles. The van der Waals surface area contributed by atoms with Gasteiger partial charge < -0.3 is 10.6 Å². The fraction of sp³-hybridized carbons (Fsp3) is 0.190. The second kappa shape index (κ2) is 7.78. The van der Waals surface area contributed by atoms with Crippen molar-refractivity contribution >= 4 is 28.9 Å². The van der Waals surface area contributed by atoms with Gasteiger partial charge in [0.05, 0.1) is 0 Å². The van der Waals surface area contributed by atoms with Gasteiger partial charge in [0.2, 0.25) is 5.95 Å². The molecule has 26 heavy (non-hydrogen) atoms. The van der Waals surface area contributed by atoms with Crippen LogP contribution in [0, 0.1) is 6.92 Å². The summed E-state index contributed by atoms with van der Waals surface area (Å²) < 4.78 is 0. The number of nitrogens with zero attached hydrogens (tertiary/aromatic N) is 2. The average molecular weight is 346 g/mol. The van der Waals surface area contributed by atoms with Crippen molar-refractivity contribution < 1.29 is 4.79 Å². The van der Waals surface area contributed by atoms with Gasteiger partial charge in [0.1, 0.15) is 5.82 Å². The first kappa shape index (κ1) is 17.6. The molecule has 0 radical (unpaired) electrons. The molecule has 0 saturated heterocycles. The Morgan fingerprint density at radius 1 is 0.923 bits per heavy atom. The third-order valence-electron chi connectivity index (χ3n) is 4.04. The van der Waals surface area contributed by atoms with Gasteiger partial charge in [-0.2, -0.15) is 4.98 Å². The lowest BCUT2D eigenvalue weighted by Crippen LogP contribution is -2.02. The van der Waals surface area contributed by atoms with E-state index in [1.165, 1.54) is 5.56 Å². The summed E-state index contributed by atoms with van der Waals surface area (Å²) in [6.45, 7) is 5.62. The Labute approximate surface area is 153 Å². The molecule has 0 aliphatic heterocycles. The van der Waals surface area contributed by atoms with Crippen molar-refractivity contribution in [1.82, 2.24) is 9.97 Å². The maximum Gasteiger partial charge on any atom is 0.229 e. The Kier molecular flexibility index (Phi) is 5.27. The number of hydrogen-bond donors (Lipinski definition) is 2. The molecule has 2 N–H and O–H groups in total. The predicted octanol–water partition coefficient (Wildman–Crippen LogP) is 5.04. The number of aryl methyl sites for hydroxylation is 2. The van der Waals surface area contributed by atoms with E-state index < -0.39 is 0 Å². The molecular weight excluding hydrogens is 324 g/mol. The summed E-state index contributed by atoms with van der Waals surface area (Å²) in [7, 11) is 0. The van der Waals surface area contributed by atoms with Gasteiger partial charge in [0.25, 0.3) is 0 Å². The summed E-state index contributed by atoms with van der Waals surface area (Å²) in [6.07, 6.45) is 1.02. The van der Waals surface area contributed by atoms with E-state index in [1.807, 2.05) is 37.3 Å². The van der Waals surface area contributed by atoms with Crippen LogP contribution in [0.25, 0.3) is 0 Å². The van der Waals surface area contributed by atoms with E-state index in [0.29, 0.717) is 11.5 Å². The number of carbonyl (C=O) groups is 1. The summed E-state index contributed by atoms with van der Waals surface area (Å²) in [6, 6.07) is 17.5. The van der Waals surface area contributed by atoms with Crippen LogP contribution < -0.4 is 10.6 Å². The van der Waals surface area contributed by atoms with Crippen LogP contribution in [0.1, 0.15) is 35.5 Å². The lowest BCUT2D eigenvalue weighted by atomic mass is 10.1. The van der Waals surface area contributed by atoms with Crippen molar-refractivity contribution in [1.29, 1.82) is 0 Å². The molecule has 1 aromatic heterocycles. The molecule has 0 unspecified atom stereocenters. The van der Waals surface area contributed by atoms with Crippen LogP contribution in [0.5, 0.6) is 0 Å². The second-order valence-electron chi connectivity index (χ2n) is 6.15. The molecule has 5 nitrogen and oxygen atoms in total. The van der Waals surface area contributed by atoms with E-state index in [1.54, 1.807) is 19.1 Å². The standard InChI is InChI=1S/C21H22N4O/c1-4-16-5-9-18(10-6-16)23-20-13-14(2)22-21(25-20)24-19-11-7-17(8-12-19)15(3)26/h5-13H,4H2,1-3H3,(H2,22,23,24,25). The molecule has 0 amide bonds. The number of benzene rings is 2. The van der Waals surface area contributed by atoms with E-state index in [-0.39, 0.29) is 5.78 Å². The molecule has 0 fully saturated rings. The quantitative estimate of drug-likeness (QED) is 0.612. The van der Waals surface area contributed by atoms with Crippen LogP contribution in [0.3, 0.4) is 0 Å². The molecule has 0 saturated carbocycles. The number of carbonyl (C=O) groups excluding carboxylic acids is 1. The fourth-order valence-electron chi connectivity index (χ4n) is 2.58. The van der Waals surface area contributed by atoms with Gasteiger partial charge in [-0.15, -0.1) is 0 Å². The third kappa shape index (κ3) is 4.45. The minimum Gasteiger partial charge on any atom is -0.340 e. The lowest BCUT2D eigenvalue weighted by Gasteiger charge is -2.10. The molecule has 2 aromatic carbocycles. The van der Waals surface area contributed by atoms with Gasteiger partial charge in [-0.3, -0.25) is 4.79 Å². The summed E-state index contributed by atoms with van der Waals surface area (Å²) in [5.74, 6) is 1.28. The van der Waals surface area contributed by atoms with Crippen LogP contribution in [-0.4, -0.2) is 15.8 Å². The van der Waals surface area contributed by atoms with Crippen molar-refractivity contribution in [2.75, 3.05) is 10.6 Å². The molecule has 0 spiro atoms. The zero-order chi connectivity index (χ0) is 18.5. The number of aromatic nitrogens is 2. The molecule has 0 bridgehead atoms.